The van der Waals surface area contributed by atoms with Crippen LogP contribution in [-0.4, -0.2) is 20.1 Å². The van der Waals surface area contributed by atoms with Crippen molar-refractivity contribution in [2.45, 2.75) is 14.5 Å². The Balaban J connectivity index is 2.67. The number of aromatic nitrogens is 3. The highest BCUT2D eigenvalue weighted by molar-refractivity contribution is 6.67. The first-order valence-corrected chi connectivity index (χ1v) is 7.95. The van der Waals surface area contributed by atoms with Crippen molar-refractivity contribution in [3.05, 3.63) is 35.4 Å². The molecule has 0 fully saturated rings. The highest BCUT2D eigenvalue weighted by Crippen LogP contribution is 2.40. The molecule has 0 radical (unpaired) electrons. The Labute approximate surface area is 156 Å². The average Bonchev–Trinajstić information content (AvgIpc) is 2.39. The molecule has 2 aromatic rings. The van der Waals surface area contributed by atoms with Crippen LogP contribution >= 0.6 is 69.6 Å². The van der Waals surface area contributed by atoms with E-state index >= 15 is 0 Å². The number of rotatable bonds is 1. The number of aromatic hydroxyl groups is 1. The Kier molecular flexibility index (Phi) is 5.22. The maximum atomic E-state index is 9.58. The topological polar surface area (TPSA) is 58.9 Å². The van der Waals surface area contributed by atoms with E-state index in [9.17, 15) is 5.11 Å². The van der Waals surface area contributed by atoms with E-state index in [1.54, 1.807) is 19.1 Å². The van der Waals surface area contributed by atoms with Crippen LogP contribution in [0, 0.1) is 6.92 Å². The molecule has 1 aromatic heterocycles. The molecular formula is C12H7Cl6N3O. The summed E-state index contributed by atoms with van der Waals surface area (Å²) in [6, 6.07) is 4.72. The number of benzene rings is 1. The molecule has 0 saturated heterocycles. The van der Waals surface area contributed by atoms with E-state index in [1.165, 1.54) is 6.07 Å². The van der Waals surface area contributed by atoms with Crippen molar-refractivity contribution < 1.29 is 5.11 Å². The molecule has 0 aliphatic carbocycles. The lowest BCUT2D eigenvalue weighted by Gasteiger charge is -2.15. The molecule has 1 aromatic carbocycles. The fraction of sp³-hybridized carbons (Fsp3) is 0.250. The molecule has 2 rings (SSSR count). The SMILES string of the molecule is Cc1cc(-c2nc(C(Cl)(Cl)Cl)nc(C(Cl)(Cl)Cl)n2)ccc1O. The largest absolute Gasteiger partial charge is 0.508 e. The van der Waals surface area contributed by atoms with Gasteiger partial charge in [0.25, 0.3) is 0 Å². The van der Waals surface area contributed by atoms with Gasteiger partial charge in [-0.15, -0.1) is 0 Å². The lowest BCUT2D eigenvalue weighted by Crippen LogP contribution is -2.16. The van der Waals surface area contributed by atoms with Gasteiger partial charge in [0.15, 0.2) is 17.5 Å². The van der Waals surface area contributed by atoms with Crippen molar-refractivity contribution >= 4 is 69.6 Å². The van der Waals surface area contributed by atoms with Crippen LogP contribution in [0.15, 0.2) is 18.2 Å². The van der Waals surface area contributed by atoms with Gasteiger partial charge in [-0.1, -0.05) is 69.6 Å². The molecule has 0 amide bonds. The van der Waals surface area contributed by atoms with E-state index in [0.29, 0.717) is 11.1 Å². The number of halogens is 6. The van der Waals surface area contributed by atoms with Crippen LogP contribution in [0.3, 0.4) is 0 Å². The van der Waals surface area contributed by atoms with Crippen LogP contribution in [0.1, 0.15) is 17.2 Å². The fourth-order valence-electron chi connectivity index (χ4n) is 1.55. The van der Waals surface area contributed by atoms with Gasteiger partial charge in [-0.2, -0.15) is 0 Å². The number of aryl methyl sites for hydroxylation is 1. The van der Waals surface area contributed by atoms with Crippen molar-refractivity contribution in [3.8, 4) is 17.1 Å². The lowest BCUT2D eigenvalue weighted by molar-refractivity contribution is 0.471. The zero-order valence-corrected chi connectivity index (χ0v) is 15.3. The van der Waals surface area contributed by atoms with E-state index in [4.69, 9.17) is 69.6 Å². The van der Waals surface area contributed by atoms with Crippen LogP contribution in [0.25, 0.3) is 11.4 Å². The van der Waals surface area contributed by atoms with E-state index in [0.717, 1.165) is 0 Å². The first kappa shape index (κ1) is 18.1. The fourth-order valence-corrected chi connectivity index (χ4v) is 2.06. The number of phenolic OH excluding ortho intramolecular Hbond substituents is 1. The predicted molar refractivity (Wildman–Crippen MR) is 90.1 cm³/mol. The molecule has 0 saturated carbocycles. The molecule has 0 spiro atoms. The van der Waals surface area contributed by atoms with Gasteiger partial charge in [0, 0.05) is 5.56 Å². The van der Waals surface area contributed by atoms with Gasteiger partial charge < -0.3 is 5.11 Å². The Morgan fingerprint density at radius 3 is 1.77 bits per heavy atom. The van der Waals surface area contributed by atoms with Gasteiger partial charge in [0.1, 0.15) is 5.75 Å². The first-order chi connectivity index (χ1) is 9.98. The standard InChI is InChI=1S/C12H7Cl6N3O/c1-5-4-6(2-3-7(5)22)8-19-9(11(13,14)15)21-10(20-8)12(16,17)18/h2-4,22H,1H3. The number of hydrogen-bond donors (Lipinski definition) is 1. The second kappa shape index (κ2) is 6.34. The Morgan fingerprint density at radius 1 is 0.864 bits per heavy atom. The number of phenols is 1. The first-order valence-electron chi connectivity index (χ1n) is 5.69. The number of hydrogen-bond acceptors (Lipinski definition) is 4. The highest BCUT2D eigenvalue weighted by Gasteiger charge is 2.34. The van der Waals surface area contributed by atoms with Crippen LogP contribution in [0.4, 0.5) is 0 Å². The summed E-state index contributed by atoms with van der Waals surface area (Å²) in [5.41, 5.74) is 1.16. The quantitative estimate of drug-likeness (QED) is 0.642. The van der Waals surface area contributed by atoms with Gasteiger partial charge in [-0.05, 0) is 30.7 Å². The summed E-state index contributed by atoms with van der Waals surface area (Å²) in [4.78, 5) is 12.0. The van der Waals surface area contributed by atoms with E-state index in [-0.39, 0.29) is 23.2 Å². The van der Waals surface area contributed by atoms with Crippen LogP contribution in [0.5, 0.6) is 5.75 Å². The third-order valence-corrected chi connectivity index (χ3v) is 3.61. The van der Waals surface area contributed by atoms with E-state index < -0.39 is 7.59 Å². The Morgan fingerprint density at radius 2 is 1.36 bits per heavy atom. The molecule has 118 valence electrons. The minimum atomic E-state index is -1.91. The monoisotopic (exact) mass is 419 g/mol. The van der Waals surface area contributed by atoms with Crippen molar-refractivity contribution in [1.29, 1.82) is 0 Å². The number of alkyl halides is 6. The molecule has 0 atom stereocenters. The molecule has 0 unspecified atom stereocenters. The van der Waals surface area contributed by atoms with Crippen molar-refractivity contribution in [3.63, 3.8) is 0 Å². The predicted octanol–water partition coefficient (Wildman–Crippen LogP) is 5.21. The summed E-state index contributed by atoms with van der Waals surface area (Å²) < 4.78 is -3.82. The molecule has 0 aliphatic heterocycles. The van der Waals surface area contributed by atoms with Crippen molar-refractivity contribution in [2.75, 3.05) is 0 Å². The van der Waals surface area contributed by atoms with Crippen LogP contribution in [0.2, 0.25) is 0 Å². The smallest absolute Gasteiger partial charge is 0.250 e. The summed E-state index contributed by atoms with van der Waals surface area (Å²) in [5.74, 6) is -0.0640. The minimum absolute atomic E-state index is 0.126. The second-order valence-corrected chi connectivity index (χ2v) is 8.87. The highest BCUT2D eigenvalue weighted by atomic mass is 35.6. The Bertz CT molecular complexity index is 679. The van der Waals surface area contributed by atoms with Crippen molar-refractivity contribution in [1.82, 2.24) is 15.0 Å². The van der Waals surface area contributed by atoms with E-state index in [2.05, 4.69) is 15.0 Å². The van der Waals surface area contributed by atoms with Crippen molar-refractivity contribution in [2.24, 2.45) is 0 Å². The molecule has 1 N–H and O–H groups in total. The summed E-state index contributed by atoms with van der Waals surface area (Å²) in [6.45, 7) is 1.71. The molecule has 4 nitrogen and oxygen atoms in total. The maximum Gasteiger partial charge on any atom is 0.250 e. The van der Waals surface area contributed by atoms with E-state index in [1.807, 2.05) is 0 Å². The number of nitrogens with zero attached hydrogens (tertiary/aromatic N) is 3. The van der Waals surface area contributed by atoms with Gasteiger partial charge in [0.2, 0.25) is 7.59 Å². The minimum Gasteiger partial charge on any atom is -0.508 e. The molecular weight excluding hydrogens is 415 g/mol. The molecule has 10 heteroatoms. The second-order valence-electron chi connectivity index (χ2n) is 4.30. The molecule has 0 bridgehead atoms. The third-order valence-electron chi connectivity index (χ3n) is 2.60. The van der Waals surface area contributed by atoms with Crippen LogP contribution in [-0.2, 0) is 7.59 Å². The van der Waals surface area contributed by atoms with Gasteiger partial charge >= 0.3 is 0 Å². The zero-order chi connectivity index (χ0) is 16.7. The maximum absolute atomic E-state index is 9.58. The zero-order valence-electron chi connectivity index (χ0n) is 10.8. The summed E-state index contributed by atoms with van der Waals surface area (Å²) in [6.07, 6.45) is 0. The summed E-state index contributed by atoms with van der Waals surface area (Å²) in [5, 5.41) is 9.58. The lowest BCUT2D eigenvalue weighted by atomic mass is 10.1. The third kappa shape index (κ3) is 4.19. The van der Waals surface area contributed by atoms with Gasteiger partial charge in [-0.3, -0.25) is 0 Å². The molecule has 22 heavy (non-hydrogen) atoms. The van der Waals surface area contributed by atoms with Gasteiger partial charge in [-0.25, -0.2) is 15.0 Å². The normalized spacial score (nSPS) is 12.5. The van der Waals surface area contributed by atoms with Gasteiger partial charge in [0.05, 0.1) is 0 Å². The summed E-state index contributed by atoms with van der Waals surface area (Å²) >= 11 is 34.8. The average molecular weight is 422 g/mol. The molecule has 1 heterocycles. The van der Waals surface area contributed by atoms with Crippen LogP contribution < -0.4 is 0 Å². The Hall–Kier alpha value is -0.230. The molecule has 0 aliphatic rings. The summed E-state index contributed by atoms with van der Waals surface area (Å²) in [7, 11) is 0.